The molecule has 8 nitrogen and oxygen atoms in total. The number of hydrogen-bond acceptors (Lipinski definition) is 7. The third-order valence-electron chi connectivity index (χ3n) is 4.83. The molecule has 0 fully saturated rings. The van der Waals surface area contributed by atoms with Gasteiger partial charge in [-0.05, 0) is 43.2 Å². The van der Waals surface area contributed by atoms with Gasteiger partial charge in [-0.3, -0.25) is 0 Å². The molecular weight excluding hydrogens is 404 g/mol. The van der Waals surface area contributed by atoms with Crippen LogP contribution in [0.4, 0.5) is 11.6 Å². The van der Waals surface area contributed by atoms with Gasteiger partial charge >= 0.3 is 0 Å². The average Bonchev–Trinajstić information content (AvgIpc) is 2.70. The molecule has 0 radical (unpaired) electrons. The van der Waals surface area contributed by atoms with Crippen molar-refractivity contribution in [2.24, 2.45) is 0 Å². The molecule has 0 spiro atoms. The number of hydrogen-bond donors (Lipinski definition) is 3. The van der Waals surface area contributed by atoms with E-state index in [1.165, 1.54) is 12.1 Å². The molecule has 4 bridgehead atoms. The monoisotopic (exact) mass is 426 g/mol. The van der Waals surface area contributed by atoms with Gasteiger partial charge in [-0.2, -0.15) is 4.98 Å². The molecule has 9 heteroatoms. The number of rotatable bonds is 2. The van der Waals surface area contributed by atoms with Crippen LogP contribution in [-0.2, 0) is 10.0 Å². The smallest absolute Gasteiger partial charge is 0.264 e. The minimum Gasteiger partial charge on any atom is -0.470 e. The molecule has 3 N–H and O–H groups in total. The third-order valence-corrected chi connectivity index (χ3v) is 6.16. The van der Waals surface area contributed by atoms with Crippen molar-refractivity contribution in [3.8, 4) is 17.1 Å². The molecule has 4 rings (SSSR count). The zero-order valence-corrected chi connectivity index (χ0v) is 17.4. The number of aromatic nitrogens is 2. The molecule has 2 heterocycles. The lowest BCUT2D eigenvalue weighted by atomic mass is 10.00. The van der Waals surface area contributed by atoms with E-state index >= 15 is 0 Å². The fraction of sp³-hybridized carbons (Fsp3) is 0.238. The first-order valence-corrected chi connectivity index (χ1v) is 10.9. The molecule has 3 aromatic rings. The molecule has 0 saturated heterocycles. The number of benzene rings is 2. The maximum atomic E-state index is 12.9. The van der Waals surface area contributed by atoms with Gasteiger partial charge in [0.15, 0.2) is 0 Å². The lowest BCUT2D eigenvalue weighted by Crippen LogP contribution is -2.30. The highest BCUT2D eigenvalue weighted by atomic mass is 32.2. The van der Waals surface area contributed by atoms with Crippen molar-refractivity contribution >= 4 is 21.7 Å². The van der Waals surface area contributed by atoms with Crippen LogP contribution in [0.1, 0.15) is 11.1 Å². The maximum absolute atomic E-state index is 12.9. The summed E-state index contributed by atoms with van der Waals surface area (Å²) in [6, 6.07) is 13.9. The number of anilines is 2. The number of nitrogens with one attached hydrogen (secondary N) is 2. The number of aliphatic hydroxyl groups excluding tert-OH is 1. The molecule has 2 aromatic carbocycles. The van der Waals surface area contributed by atoms with E-state index in [0.29, 0.717) is 11.4 Å². The summed E-state index contributed by atoms with van der Waals surface area (Å²) < 4.78 is 34.1. The molecule has 30 heavy (non-hydrogen) atoms. The van der Waals surface area contributed by atoms with E-state index in [1.807, 2.05) is 32.0 Å². The van der Waals surface area contributed by atoms with Gasteiger partial charge < -0.3 is 15.2 Å². The third kappa shape index (κ3) is 4.07. The molecule has 1 aliphatic rings. The van der Waals surface area contributed by atoms with Crippen LogP contribution < -0.4 is 14.8 Å². The van der Waals surface area contributed by atoms with Crippen LogP contribution in [0.3, 0.4) is 0 Å². The lowest BCUT2D eigenvalue weighted by Gasteiger charge is -2.20. The Hall–Kier alpha value is -3.17. The van der Waals surface area contributed by atoms with E-state index in [9.17, 15) is 13.5 Å². The Morgan fingerprint density at radius 3 is 2.57 bits per heavy atom. The summed E-state index contributed by atoms with van der Waals surface area (Å²) in [6.07, 6.45) is -0.585. The zero-order chi connectivity index (χ0) is 21.3. The number of fused-ring (bicyclic) bond motifs is 4. The van der Waals surface area contributed by atoms with Crippen molar-refractivity contribution in [3.63, 3.8) is 0 Å². The Bertz CT molecular complexity index is 1180. The first-order valence-electron chi connectivity index (χ1n) is 9.45. The lowest BCUT2D eigenvalue weighted by molar-refractivity contribution is 0.120. The van der Waals surface area contributed by atoms with Gasteiger partial charge in [0.2, 0.25) is 11.8 Å². The summed E-state index contributed by atoms with van der Waals surface area (Å²) in [4.78, 5) is 8.75. The normalized spacial score (nSPS) is 17.5. The van der Waals surface area contributed by atoms with Crippen molar-refractivity contribution in [2.45, 2.75) is 24.8 Å². The highest BCUT2D eigenvalue weighted by Gasteiger charge is 2.21. The SMILES string of the molecule is Cc1cccc(C)c1-c1cc2nc(n1)NS(=O)(=O)c1cccc(c1)NC[C@H](CO)O2. The highest BCUT2D eigenvalue weighted by Crippen LogP contribution is 2.30. The second kappa shape index (κ2) is 7.92. The molecule has 0 saturated carbocycles. The summed E-state index contributed by atoms with van der Waals surface area (Å²) in [5, 5.41) is 12.8. The standard InChI is InChI=1S/C21H22N4O4S/c1-13-5-3-6-14(2)20(13)18-10-19-24-21(23-18)25-30(27,28)17-8-4-7-15(9-17)22-11-16(12-26)29-19/h3-10,16,22,26H,11-12H2,1-2H3,(H,23,24,25)/t16-/m1/s1. The van der Waals surface area contributed by atoms with Crippen LogP contribution in [0, 0.1) is 13.8 Å². The van der Waals surface area contributed by atoms with E-state index in [4.69, 9.17) is 4.74 Å². The highest BCUT2D eigenvalue weighted by molar-refractivity contribution is 7.92. The van der Waals surface area contributed by atoms with Crippen molar-refractivity contribution < 1.29 is 18.3 Å². The Morgan fingerprint density at radius 1 is 1.10 bits per heavy atom. The van der Waals surface area contributed by atoms with Gasteiger partial charge in [0, 0.05) is 17.3 Å². The van der Waals surface area contributed by atoms with Crippen molar-refractivity contribution in [2.75, 3.05) is 23.2 Å². The van der Waals surface area contributed by atoms with Crippen molar-refractivity contribution in [1.82, 2.24) is 9.97 Å². The van der Waals surface area contributed by atoms with Crippen molar-refractivity contribution in [1.29, 1.82) is 0 Å². The van der Waals surface area contributed by atoms with Gasteiger partial charge in [0.05, 0.1) is 23.7 Å². The molecule has 156 valence electrons. The molecule has 1 aromatic heterocycles. The predicted molar refractivity (Wildman–Crippen MR) is 114 cm³/mol. The Balaban J connectivity index is 1.88. The summed E-state index contributed by atoms with van der Waals surface area (Å²) >= 11 is 0. The van der Waals surface area contributed by atoms with E-state index in [1.54, 1.807) is 18.2 Å². The molecule has 1 aliphatic heterocycles. The summed E-state index contributed by atoms with van der Waals surface area (Å²) in [5.74, 6) is 0.0752. The second-order valence-corrected chi connectivity index (χ2v) is 8.80. The van der Waals surface area contributed by atoms with Crippen LogP contribution in [0.5, 0.6) is 5.88 Å². The van der Waals surface area contributed by atoms with Gasteiger partial charge in [-0.25, -0.2) is 18.1 Å². The first kappa shape index (κ1) is 20.1. The van der Waals surface area contributed by atoms with Crippen molar-refractivity contribution in [3.05, 3.63) is 59.7 Å². The van der Waals surface area contributed by atoms with Gasteiger partial charge in [-0.15, -0.1) is 0 Å². The topological polar surface area (TPSA) is 113 Å². The number of ether oxygens (including phenoxy) is 1. The molecule has 0 aliphatic carbocycles. The van der Waals surface area contributed by atoms with E-state index in [2.05, 4.69) is 20.0 Å². The Kier molecular flexibility index (Phi) is 5.31. The van der Waals surface area contributed by atoms with E-state index in [0.717, 1.165) is 16.7 Å². The summed E-state index contributed by atoms with van der Waals surface area (Å²) in [7, 11) is -3.91. The predicted octanol–water partition coefficient (Wildman–Crippen LogP) is 2.73. The fourth-order valence-electron chi connectivity index (χ4n) is 3.38. The van der Waals surface area contributed by atoms with Crippen LogP contribution >= 0.6 is 0 Å². The Labute approximate surface area is 175 Å². The van der Waals surface area contributed by atoms with Crippen LogP contribution in [-0.4, -0.2) is 42.7 Å². The average molecular weight is 426 g/mol. The van der Waals surface area contributed by atoms with Crippen LogP contribution in [0.15, 0.2) is 53.4 Å². The molecule has 0 amide bonds. The van der Waals surface area contributed by atoms with E-state index < -0.39 is 16.1 Å². The maximum Gasteiger partial charge on any atom is 0.264 e. The minimum absolute atomic E-state index is 0.0807. The summed E-state index contributed by atoms with van der Waals surface area (Å²) in [6.45, 7) is 3.94. The molecular formula is C21H22N4O4S. The zero-order valence-electron chi connectivity index (χ0n) is 16.6. The Morgan fingerprint density at radius 2 is 1.83 bits per heavy atom. The van der Waals surface area contributed by atoms with E-state index in [-0.39, 0.29) is 29.9 Å². The number of aliphatic hydroxyl groups is 1. The van der Waals surface area contributed by atoms with Crippen LogP contribution in [0.2, 0.25) is 0 Å². The van der Waals surface area contributed by atoms with Crippen LogP contribution in [0.25, 0.3) is 11.3 Å². The number of nitrogens with zero attached hydrogens (tertiary/aromatic N) is 2. The summed E-state index contributed by atoms with van der Waals surface area (Å²) in [5.41, 5.74) is 3.98. The largest absolute Gasteiger partial charge is 0.470 e. The van der Waals surface area contributed by atoms with Gasteiger partial charge in [-0.1, -0.05) is 24.3 Å². The second-order valence-electron chi connectivity index (χ2n) is 7.12. The quantitative estimate of drug-likeness (QED) is 0.577. The first-order chi connectivity index (χ1) is 14.4. The van der Waals surface area contributed by atoms with Gasteiger partial charge in [0.25, 0.3) is 10.0 Å². The molecule has 1 atom stereocenters. The number of aryl methyl sites for hydroxylation is 2. The fourth-order valence-corrected chi connectivity index (χ4v) is 4.37. The minimum atomic E-state index is -3.91. The van der Waals surface area contributed by atoms with Gasteiger partial charge in [0.1, 0.15) is 6.10 Å². The number of sulfonamides is 1. The molecule has 0 unspecified atom stereocenters.